The van der Waals surface area contributed by atoms with Crippen LogP contribution in [0.5, 0.6) is 0 Å². The van der Waals surface area contributed by atoms with Gasteiger partial charge in [-0.05, 0) is 62.7 Å². The van der Waals surface area contributed by atoms with Gasteiger partial charge in [-0.25, -0.2) is 0 Å². The molecule has 0 unspecified atom stereocenters. The maximum atomic E-state index is 12.8. The molecular weight excluding hydrogens is 436 g/mol. The van der Waals surface area contributed by atoms with Crippen LogP contribution in [0.1, 0.15) is 10.4 Å². The van der Waals surface area contributed by atoms with Crippen molar-refractivity contribution in [3.05, 3.63) is 145 Å². The average molecular weight is 461 g/mol. The van der Waals surface area contributed by atoms with E-state index in [4.69, 9.17) is 0 Å². The van der Waals surface area contributed by atoms with Crippen LogP contribution in [0.2, 0.25) is 0 Å². The Labute approximate surface area is 211 Å². The maximum Gasteiger partial charge on any atom is 0.151 e. The third-order valence-corrected chi connectivity index (χ3v) is 6.74. The fourth-order valence-electron chi connectivity index (χ4n) is 5.09. The molecule has 0 bridgehead atoms. The quantitative estimate of drug-likeness (QED) is 0.234. The fraction of sp³-hybridized carbons (Fsp3) is 0. The van der Waals surface area contributed by atoms with E-state index in [-0.39, 0.29) is 0 Å². The Morgan fingerprint density at radius 3 is 1.03 bits per heavy atom. The molecule has 0 aromatic heterocycles. The first-order valence-electron chi connectivity index (χ1n) is 12.1. The van der Waals surface area contributed by atoms with Gasteiger partial charge < -0.3 is 0 Å². The molecule has 1 heteroatoms. The topological polar surface area (TPSA) is 17.1 Å². The summed E-state index contributed by atoms with van der Waals surface area (Å²) >= 11 is 0. The first-order valence-corrected chi connectivity index (χ1v) is 12.1. The van der Waals surface area contributed by atoms with Gasteiger partial charge in [-0.1, -0.05) is 121 Å². The van der Waals surface area contributed by atoms with Crippen molar-refractivity contribution in [2.75, 3.05) is 0 Å². The monoisotopic (exact) mass is 460 g/mol. The summed E-state index contributed by atoms with van der Waals surface area (Å²) in [4.78, 5) is 12.8. The third-order valence-electron chi connectivity index (χ3n) is 6.74. The van der Waals surface area contributed by atoms with Gasteiger partial charge in [0.1, 0.15) is 0 Å². The summed E-state index contributed by atoms with van der Waals surface area (Å²) in [7, 11) is 0. The highest BCUT2D eigenvalue weighted by molar-refractivity contribution is 6.11. The molecule has 0 atom stereocenters. The molecule has 170 valence electrons. The van der Waals surface area contributed by atoms with Crippen LogP contribution in [0, 0.1) is 0 Å². The first-order chi connectivity index (χ1) is 17.8. The number of fused-ring (bicyclic) bond motifs is 1. The van der Waals surface area contributed by atoms with Gasteiger partial charge in [0.25, 0.3) is 0 Å². The standard InChI is InChI=1S/C35H24O/c36-24-33-34(27-17-9-3-10-18-27)31-22-29(25-13-5-1-6-14-25)21-30(26-15-7-2-8-16-26)23-32(31)35(33)28-19-11-4-12-20-28/h1-24H. The third kappa shape index (κ3) is 3.91. The van der Waals surface area contributed by atoms with Crippen LogP contribution in [0.25, 0.3) is 55.6 Å². The van der Waals surface area contributed by atoms with Crippen LogP contribution in [0.15, 0.2) is 140 Å². The average Bonchev–Trinajstić information content (AvgIpc) is 3.12. The summed E-state index contributed by atoms with van der Waals surface area (Å²) in [6.07, 6.45) is 1.02. The van der Waals surface area contributed by atoms with Crippen molar-refractivity contribution in [1.82, 2.24) is 0 Å². The first kappa shape index (κ1) is 21.8. The molecule has 1 nitrogen and oxygen atoms in total. The predicted octanol–water partition coefficient (Wildman–Crippen LogP) is 9.27. The molecule has 0 N–H and O–H groups in total. The lowest BCUT2D eigenvalue weighted by Crippen LogP contribution is -1.86. The molecule has 0 saturated carbocycles. The van der Waals surface area contributed by atoms with E-state index in [1.54, 1.807) is 0 Å². The number of rotatable bonds is 5. The molecule has 0 spiro atoms. The molecule has 0 heterocycles. The molecular formula is C35H24O. The minimum absolute atomic E-state index is 0.728. The molecule has 2 aliphatic rings. The van der Waals surface area contributed by atoms with Crippen molar-refractivity contribution in [2.45, 2.75) is 0 Å². The number of hydrogen-bond acceptors (Lipinski definition) is 1. The lowest BCUT2D eigenvalue weighted by molar-refractivity contribution is 0.112. The molecule has 6 rings (SSSR count). The van der Waals surface area contributed by atoms with E-state index in [0.29, 0.717) is 0 Å². The highest BCUT2D eigenvalue weighted by Crippen LogP contribution is 2.49. The zero-order valence-electron chi connectivity index (χ0n) is 19.8. The van der Waals surface area contributed by atoms with E-state index < -0.39 is 0 Å². The fourth-order valence-corrected chi connectivity index (χ4v) is 5.09. The second-order valence-corrected chi connectivity index (χ2v) is 8.92. The molecule has 0 fully saturated rings. The lowest BCUT2D eigenvalue weighted by atomic mass is 9.98. The van der Waals surface area contributed by atoms with Crippen molar-refractivity contribution in [3.63, 3.8) is 0 Å². The highest BCUT2D eigenvalue weighted by Gasteiger charge is 2.25. The molecule has 0 saturated heterocycles. The SMILES string of the molecule is O=Cc1c(-c2ccccc2)c2cc(-c3ccccc3)cc(-c3ccccc3)cc-2c1-c1ccccc1. The number of carbonyl (C=O) groups excluding carboxylic acids is 1. The van der Waals surface area contributed by atoms with E-state index in [1.807, 2.05) is 48.5 Å². The summed E-state index contributed by atoms with van der Waals surface area (Å²) in [5, 5.41) is 0. The Morgan fingerprint density at radius 1 is 0.361 bits per heavy atom. The second kappa shape index (κ2) is 9.48. The molecule has 4 aromatic carbocycles. The van der Waals surface area contributed by atoms with Crippen molar-refractivity contribution in [3.8, 4) is 55.6 Å². The highest BCUT2D eigenvalue weighted by atomic mass is 16.1. The largest absolute Gasteiger partial charge is 0.298 e. The van der Waals surface area contributed by atoms with Gasteiger partial charge in [0.05, 0.1) is 0 Å². The predicted molar refractivity (Wildman–Crippen MR) is 150 cm³/mol. The molecule has 0 radical (unpaired) electrons. The maximum absolute atomic E-state index is 12.8. The number of carbonyl (C=O) groups is 1. The lowest BCUT2D eigenvalue weighted by Gasteiger charge is -2.05. The Hall–Kier alpha value is -4.75. The van der Waals surface area contributed by atoms with Gasteiger partial charge >= 0.3 is 0 Å². The van der Waals surface area contributed by atoms with Gasteiger partial charge in [-0.15, -0.1) is 0 Å². The minimum atomic E-state index is 0.728. The van der Waals surface area contributed by atoms with Gasteiger partial charge in [0, 0.05) is 16.7 Å². The summed E-state index contributed by atoms with van der Waals surface area (Å²) in [6.45, 7) is 0. The number of hydrogen-bond donors (Lipinski definition) is 0. The molecule has 0 amide bonds. The van der Waals surface area contributed by atoms with E-state index in [9.17, 15) is 4.79 Å². The minimum Gasteiger partial charge on any atom is -0.298 e. The van der Waals surface area contributed by atoms with Gasteiger partial charge in [-0.2, -0.15) is 0 Å². The number of aldehydes is 1. The van der Waals surface area contributed by atoms with E-state index in [1.165, 1.54) is 0 Å². The molecule has 36 heavy (non-hydrogen) atoms. The Bertz CT molecular complexity index is 1480. The summed E-state index contributed by atoms with van der Waals surface area (Å²) in [5.41, 5.74) is 11.4. The molecule has 0 aliphatic heterocycles. The summed E-state index contributed by atoms with van der Waals surface area (Å²) in [5.74, 6) is 0. The smallest absolute Gasteiger partial charge is 0.151 e. The van der Waals surface area contributed by atoms with Crippen LogP contribution < -0.4 is 0 Å². The Kier molecular flexibility index (Phi) is 5.73. The van der Waals surface area contributed by atoms with Gasteiger partial charge in [-0.3, -0.25) is 4.79 Å². The Balaban J connectivity index is 1.77. The van der Waals surface area contributed by atoms with Crippen molar-refractivity contribution in [2.24, 2.45) is 0 Å². The molecule has 4 aromatic rings. The van der Waals surface area contributed by atoms with Crippen molar-refractivity contribution in [1.29, 1.82) is 0 Å². The van der Waals surface area contributed by atoms with E-state index in [0.717, 1.165) is 67.5 Å². The van der Waals surface area contributed by atoms with Gasteiger partial charge in [0.15, 0.2) is 6.29 Å². The summed E-state index contributed by atoms with van der Waals surface area (Å²) in [6, 6.07) is 48.1. The zero-order valence-corrected chi connectivity index (χ0v) is 19.8. The van der Waals surface area contributed by atoms with Crippen LogP contribution in [-0.4, -0.2) is 6.29 Å². The van der Waals surface area contributed by atoms with Crippen LogP contribution >= 0.6 is 0 Å². The van der Waals surface area contributed by atoms with Crippen molar-refractivity contribution >= 4 is 6.29 Å². The van der Waals surface area contributed by atoms with Crippen LogP contribution in [0.3, 0.4) is 0 Å². The van der Waals surface area contributed by atoms with E-state index in [2.05, 4.69) is 91.0 Å². The van der Waals surface area contributed by atoms with Crippen molar-refractivity contribution < 1.29 is 4.79 Å². The van der Waals surface area contributed by atoms with Crippen LogP contribution in [0.4, 0.5) is 0 Å². The van der Waals surface area contributed by atoms with Gasteiger partial charge in [0.2, 0.25) is 0 Å². The zero-order chi connectivity index (χ0) is 24.3. The Morgan fingerprint density at radius 2 is 0.694 bits per heavy atom. The number of benzene rings is 4. The normalized spacial score (nSPS) is 10.9. The molecule has 2 aliphatic carbocycles. The second-order valence-electron chi connectivity index (χ2n) is 8.92. The van der Waals surface area contributed by atoms with E-state index >= 15 is 0 Å². The van der Waals surface area contributed by atoms with Crippen LogP contribution in [-0.2, 0) is 0 Å². The summed E-state index contributed by atoms with van der Waals surface area (Å²) < 4.78 is 0.